The van der Waals surface area contributed by atoms with Crippen molar-refractivity contribution in [1.82, 2.24) is 10.2 Å². The molecule has 2 heterocycles. The Balaban J connectivity index is 1.49. The van der Waals surface area contributed by atoms with Gasteiger partial charge in [-0.25, -0.2) is 4.79 Å². The molecule has 2 aromatic carbocycles. The summed E-state index contributed by atoms with van der Waals surface area (Å²) >= 11 is 6.10. The van der Waals surface area contributed by atoms with Crippen LogP contribution < -0.4 is 9.47 Å². The van der Waals surface area contributed by atoms with Gasteiger partial charge in [-0.2, -0.15) is 0 Å². The molecule has 0 N–H and O–H groups in total. The SMILES string of the molecule is Cc1ccc(-c2nnc([C@@H](C)OC(=O)c3cc(Cl)c4c(c3)OCO4)o2)cc1. The fraction of sp³-hybridized carbons (Fsp3) is 0.211. The van der Waals surface area contributed by atoms with Crippen LogP contribution in [0.15, 0.2) is 40.8 Å². The second kappa shape index (κ2) is 6.92. The summed E-state index contributed by atoms with van der Waals surface area (Å²) in [6, 6.07) is 10.7. The molecule has 8 heteroatoms. The summed E-state index contributed by atoms with van der Waals surface area (Å²) in [4.78, 5) is 12.4. The Labute approximate surface area is 159 Å². The van der Waals surface area contributed by atoms with Gasteiger partial charge in [0.2, 0.25) is 12.7 Å². The largest absolute Gasteiger partial charge is 0.454 e. The van der Waals surface area contributed by atoms with Crippen LogP contribution in [0.4, 0.5) is 0 Å². The number of fused-ring (bicyclic) bond motifs is 1. The molecule has 0 spiro atoms. The standard InChI is InChI=1S/C19H15ClN2O5/c1-10-3-5-12(6-4-10)18-22-21-17(27-18)11(2)26-19(23)13-7-14(20)16-15(8-13)24-9-25-16/h3-8,11H,9H2,1-2H3/t11-/m1/s1. The maximum atomic E-state index is 12.4. The van der Waals surface area contributed by atoms with Crippen LogP contribution in [0, 0.1) is 6.92 Å². The Bertz CT molecular complexity index is 1000. The van der Waals surface area contributed by atoms with Crippen molar-refractivity contribution >= 4 is 17.6 Å². The molecule has 3 aromatic rings. The third-order valence-corrected chi connectivity index (χ3v) is 4.31. The minimum Gasteiger partial charge on any atom is -0.454 e. The van der Waals surface area contributed by atoms with Crippen molar-refractivity contribution in [3.05, 3.63) is 58.4 Å². The van der Waals surface area contributed by atoms with E-state index in [1.54, 1.807) is 6.92 Å². The highest BCUT2D eigenvalue weighted by atomic mass is 35.5. The van der Waals surface area contributed by atoms with Gasteiger partial charge in [0.15, 0.2) is 17.6 Å². The van der Waals surface area contributed by atoms with Crippen LogP contribution in [-0.4, -0.2) is 23.0 Å². The summed E-state index contributed by atoms with van der Waals surface area (Å²) < 4.78 is 21.5. The van der Waals surface area contributed by atoms with E-state index >= 15 is 0 Å². The van der Waals surface area contributed by atoms with E-state index in [0.29, 0.717) is 17.4 Å². The number of benzene rings is 2. The summed E-state index contributed by atoms with van der Waals surface area (Å²) in [6.07, 6.45) is -0.728. The number of aryl methyl sites for hydroxylation is 1. The molecule has 1 aliphatic heterocycles. The molecule has 0 fully saturated rings. The lowest BCUT2D eigenvalue weighted by atomic mass is 10.1. The number of esters is 1. The highest BCUT2D eigenvalue weighted by Crippen LogP contribution is 2.40. The van der Waals surface area contributed by atoms with Crippen LogP contribution in [-0.2, 0) is 4.74 Å². The quantitative estimate of drug-likeness (QED) is 0.616. The van der Waals surface area contributed by atoms with Gasteiger partial charge in [-0.3, -0.25) is 0 Å². The van der Waals surface area contributed by atoms with Gasteiger partial charge in [0.25, 0.3) is 5.89 Å². The molecule has 27 heavy (non-hydrogen) atoms. The number of carbonyl (C=O) groups is 1. The smallest absolute Gasteiger partial charge is 0.339 e. The van der Waals surface area contributed by atoms with Crippen LogP contribution in [0.3, 0.4) is 0 Å². The van der Waals surface area contributed by atoms with Gasteiger partial charge in [0, 0.05) is 5.56 Å². The first-order valence-corrected chi connectivity index (χ1v) is 8.59. The number of nitrogens with zero attached hydrogens (tertiary/aromatic N) is 2. The van der Waals surface area contributed by atoms with Gasteiger partial charge in [-0.1, -0.05) is 29.3 Å². The monoisotopic (exact) mass is 386 g/mol. The zero-order valence-electron chi connectivity index (χ0n) is 14.6. The maximum absolute atomic E-state index is 12.4. The molecule has 0 radical (unpaired) electrons. The Hall–Kier alpha value is -3.06. The van der Waals surface area contributed by atoms with Crippen molar-refractivity contribution in [2.45, 2.75) is 20.0 Å². The molecule has 0 amide bonds. The minimum absolute atomic E-state index is 0.0632. The average molecular weight is 387 g/mol. The topological polar surface area (TPSA) is 83.7 Å². The van der Waals surface area contributed by atoms with Gasteiger partial charge >= 0.3 is 5.97 Å². The molecule has 1 aromatic heterocycles. The van der Waals surface area contributed by atoms with Crippen molar-refractivity contribution < 1.29 is 23.4 Å². The van der Waals surface area contributed by atoms with Gasteiger partial charge in [0.05, 0.1) is 10.6 Å². The molecule has 1 atom stereocenters. The van der Waals surface area contributed by atoms with E-state index in [0.717, 1.165) is 11.1 Å². The Kier molecular flexibility index (Phi) is 4.45. The maximum Gasteiger partial charge on any atom is 0.339 e. The summed E-state index contributed by atoms with van der Waals surface area (Å²) in [7, 11) is 0. The molecule has 0 bridgehead atoms. The fourth-order valence-electron chi connectivity index (χ4n) is 2.58. The number of hydrogen-bond acceptors (Lipinski definition) is 7. The summed E-state index contributed by atoms with van der Waals surface area (Å²) in [5, 5.41) is 8.27. The molecule has 138 valence electrons. The highest BCUT2D eigenvalue weighted by molar-refractivity contribution is 6.32. The number of carbonyl (C=O) groups excluding carboxylic acids is 1. The minimum atomic E-state index is -0.728. The normalized spacial score (nSPS) is 13.4. The lowest BCUT2D eigenvalue weighted by Gasteiger charge is -2.10. The Morgan fingerprint density at radius 2 is 1.96 bits per heavy atom. The zero-order valence-corrected chi connectivity index (χ0v) is 15.3. The van der Waals surface area contributed by atoms with Crippen molar-refractivity contribution in [3.8, 4) is 23.0 Å². The van der Waals surface area contributed by atoms with Crippen molar-refractivity contribution in [1.29, 1.82) is 0 Å². The number of halogens is 1. The van der Waals surface area contributed by atoms with E-state index < -0.39 is 12.1 Å². The van der Waals surface area contributed by atoms with Crippen molar-refractivity contribution in [2.75, 3.05) is 6.79 Å². The number of ether oxygens (including phenoxy) is 3. The average Bonchev–Trinajstić information content (AvgIpc) is 3.32. The molecule has 0 aliphatic carbocycles. The second-order valence-electron chi connectivity index (χ2n) is 6.05. The molecule has 1 aliphatic rings. The number of hydrogen-bond donors (Lipinski definition) is 0. The molecule has 4 rings (SSSR count). The first kappa shape index (κ1) is 17.4. The summed E-state index contributed by atoms with van der Waals surface area (Å²) in [5.74, 6) is 0.796. The lowest BCUT2D eigenvalue weighted by Crippen LogP contribution is -2.09. The van der Waals surface area contributed by atoms with Crippen molar-refractivity contribution in [2.24, 2.45) is 0 Å². The van der Waals surface area contributed by atoms with E-state index in [-0.39, 0.29) is 23.3 Å². The molecule has 0 unspecified atom stereocenters. The predicted molar refractivity (Wildman–Crippen MR) is 95.9 cm³/mol. The fourth-order valence-corrected chi connectivity index (χ4v) is 2.84. The first-order valence-electron chi connectivity index (χ1n) is 8.22. The molecule has 7 nitrogen and oxygen atoms in total. The van der Waals surface area contributed by atoms with E-state index in [1.165, 1.54) is 12.1 Å². The Morgan fingerprint density at radius 1 is 1.19 bits per heavy atom. The third-order valence-electron chi connectivity index (χ3n) is 4.03. The lowest BCUT2D eigenvalue weighted by molar-refractivity contribution is 0.0279. The van der Waals surface area contributed by atoms with Gasteiger partial charge in [-0.15, -0.1) is 10.2 Å². The van der Waals surface area contributed by atoms with Crippen LogP contribution in [0.2, 0.25) is 5.02 Å². The van der Waals surface area contributed by atoms with Gasteiger partial charge in [-0.05, 0) is 38.1 Å². The number of aromatic nitrogens is 2. The van der Waals surface area contributed by atoms with E-state index in [2.05, 4.69) is 10.2 Å². The van der Waals surface area contributed by atoms with Crippen LogP contribution in [0.25, 0.3) is 11.5 Å². The third kappa shape index (κ3) is 3.46. The summed E-state index contributed by atoms with van der Waals surface area (Å²) in [5.41, 5.74) is 2.16. The highest BCUT2D eigenvalue weighted by Gasteiger charge is 2.24. The van der Waals surface area contributed by atoms with E-state index in [9.17, 15) is 4.79 Å². The molecular formula is C19H15ClN2O5. The second-order valence-corrected chi connectivity index (χ2v) is 6.46. The van der Waals surface area contributed by atoms with Crippen molar-refractivity contribution in [3.63, 3.8) is 0 Å². The Morgan fingerprint density at radius 3 is 2.74 bits per heavy atom. The molecular weight excluding hydrogens is 372 g/mol. The first-order chi connectivity index (χ1) is 13.0. The van der Waals surface area contributed by atoms with Gasteiger partial charge in [0.1, 0.15) is 0 Å². The molecule has 0 saturated heterocycles. The van der Waals surface area contributed by atoms with E-state index in [4.69, 9.17) is 30.2 Å². The van der Waals surface area contributed by atoms with Crippen LogP contribution in [0.5, 0.6) is 11.5 Å². The van der Waals surface area contributed by atoms with E-state index in [1.807, 2.05) is 31.2 Å². The zero-order chi connectivity index (χ0) is 19.0. The summed E-state index contributed by atoms with van der Waals surface area (Å²) in [6.45, 7) is 3.71. The predicted octanol–water partition coefficient (Wildman–Crippen LogP) is 4.35. The van der Waals surface area contributed by atoms with Gasteiger partial charge < -0.3 is 18.6 Å². The van der Waals surface area contributed by atoms with Crippen LogP contribution >= 0.6 is 11.6 Å². The number of rotatable bonds is 4. The molecule has 0 saturated carbocycles. The van der Waals surface area contributed by atoms with Crippen LogP contribution in [0.1, 0.15) is 34.8 Å².